The maximum absolute atomic E-state index is 5.61. The molecule has 0 saturated heterocycles. The van der Waals surface area contributed by atoms with E-state index in [0.717, 1.165) is 12.4 Å². The molecule has 2 aliphatic carbocycles. The van der Waals surface area contributed by atoms with Crippen LogP contribution in [0.5, 0.6) is 5.75 Å². The SMILES string of the molecule is CCOC1CC(NC2CC(c3ccccc3OC)C2)C1. The van der Waals surface area contributed by atoms with E-state index in [0.29, 0.717) is 24.1 Å². The molecule has 0 aliphatic heterocycles. The lowest BCUT2D eigenvalue weighted by molar-refractivity contribution is -0.0154. The third-order valence-electron chi connectivity index (χ3n) is 4.69. The first kappa shape index (κ1) is 13.9. The van der Waals surface area contributed by atoms with Crippen molar-refractivity contribution in [1.29, 1.82) is 0 Å². The van der Waals surface area contributed by atoms with Crippen LogP contribution < -0.4 is 10.1 Å². The summed E-state index contributed by atoms with van der Waals surface area (Å²) in [5, 5.41) is 3.76. The molecule has 0 atom stereocenters. The number of methoxy groups -OCH3 is 1. The van der Waals surface area contributed by atoms with E-state index in [-0.39, 0.29) is 0 Å². The normalized spacial score (nSPS) is 32.3. The summed E-state index contributed by atoms with van der Waals surface area (Å²) in [5.74, 6) is 1.70. The zero-order valence-electron chi connectivity index (χ0n) is 12.5. The number of nitrogens with one attached hydrogen (secondary N) is 1. The second-order valence-corrected chi connectivity index (χ2v) is 6.02. The third kappa shape index (κ3) is 2.84. The molecule has 0 bridgehead atoms. The van der Waals surface area contributed by atoms with Crippen molar-refractivity contribution in [3.63, 3.8) is 0 Å². The smallest absolute Gasteiger partial charge is 0.122 e. The van der Waals surface area contributed by atoms with E-state index < -0.39 is 0 Å². The maximum atomic E-state index is 5.61. The zero-order chi connectivity index (χ0) is 13.9. The molecular weight excluding hydrogens is 250 g/mol. The van der Waals surface area contributed by atoms with E-state index in [1.54, 1.807) is 7.11 Å². The number of ether oxygens (including phenoxy) is 2. The Labute approximate surface area is 121 Å². The van der Waals surface area contributed by atoms with Crippen molar-refractivity contribution in [2.24, 2.45) is 0 Å². The van der Waals surface area contributed by atoms with Crippen LogP contribution in [0.15, 0.2) is 24.3 Å². The molecule has 0 unspecified atom stereocenters. The summed E-state index contributed by atoms with van der Waals surface area (Å²) in [5.41, 5.74) is 1.37. The van der Waals surface area contributed by atoms with Gasteiger partial charge in [0.2, 0.25) is 0 Å². The molecule has 3 nitrogen and oxygen atoms in total. The fourth-order valence-electron chi connectivity index (χ4n) is 3.42. The van der Waals surface area contributed by atoms with Gasteiger partial charge in [-0.15, -0.1) is 0 Å². The lowest BCUT2D eigenvalue weighted by atomic mass is 9.74. The number of hydrogen-bond donors (Lipinski definition) is 1. The van der Waals surface area contributed by atoms with Gasteiger partial charge in [-0.1, -0.05) is 18.2 Å². The van der Waals surface area contributed by atoms with Crippen molar-refractivity contribution >= 4 is 0 Å². The van der Waals surface area contributed by atoms with Crippen molar-refractivity contribution < 1.29 is 9.47 Å². The number of benzene rings is 1. The van der Waals surface area contributed by atoms with Crippen LogP contribution in [0.1, 0.15) is 44.1 Å². The summed E-state index contributed by atoms with van der Waals surface area (Å²) in [6, 6.07) is 9.77. The van der Waals surface area contributed by atoms with Gasteiger partial charge in [0.15, 0.2) is 0 Å². The lowest BCUT2D eigenvalue weighted by Crippen LogP contribution is -2.52. The molecule has 2 saturated carbocycles. The molecule has 0 amide bonds. The first-order chi connectivity index (χ1) is 9.80. The van der Waals surface area contributed by atoms with E-state index in [9.17, 15) is 0 Å². The molecular formula is C17H25NO2. The van der Waals surface area contributed by atoms with Crippen LogP contribution in [0, 0.1) is 0 Å². The lowest BCUT2D eigenvalue weighted by Gasteiger charge is -2.43. The summed E-state index contributed by atoms with van der Waals surface area (Å²) in [6.07, 6.45) is 5.34. The molecule has 0 spiro atoms. The average Bonchev–Trinajstić information content (AvgIpc) is 2.39. The first-order valence-corrected chi connectivity index (χ1v) is 7.80. The zero-order valence-corrected chi connectivity index (χ0v) is 12.5. The molecule has 2 aliphatic rings. The van der Waals surface area contributed by atoms with Gasteiger partial charge < -0.3 is 14.8 Å². The van der Waals surface area contributed by atoms with Crippen molar-refractivity contribution in [3.8, 4) is 5.75 Å². The van der Waals surface area contributed by atoms with Gasteiger partial charge in [0, 0.05) is 18.7 Å². The Morgan fingerprint density at radius 1 is 1.10 bits per heavy atom. The second kappa shape index (κ2) is 6.15. The standard InChI is InChI=1S/C17H25NO2/c1-3-20-15-10-14(11-15)18-13-8-12(9-13)16-6-4-5-7-17(16)19-2/h4-7,12-15,18H,3,8-11H2,1-2H3. The Morgan fingerprint density at radius 3 is 2.50 bits per heavy atom. The highest BCUT2D eigenvalue weighted by Crippen LogP contribution is 2.41. The molecule has 3 rings (SSSR count). The van der Waals surface area contributed by atoms with E-state index in [2.05, 4.69) is 30.4 Å². The quantitative estimate of drug-likeness (QED) is 0.865. The van der Waals surface area contributed by atoms with Crippen LogP contribution in [0.25, 0.3) is 0 Å². The highest BCUT2D eigenvalue weighted by Gasteiger charge is 2.37. The molecule has 3 heteroatoms. The Bertz CT molecular complexity index is 436. The van der Waals surface area contributed by atoms with E-state index in [4.69, 9.17) is 9.47 Å². The van der Waals surface area contributed by atoms with E-state index >= 15 is 0 Å². The summed E-state index contributed by atoms with van der Waals surface area (Å²) in [4.78, 5) is 0. The monoisotopic (exact) mass is 275 g/mol. The summed E-state index contributed by atoms with van der Waals surface area (Å²) in [7, 11) is 1.76. The van der Waals surface area contributed by atoms with Gasteiger partial charge in [0.1, 0.15) is 5.75 Å². The maximum Gasteiger partial charge on any atom is 0.122 e. The molecule has 0 aromatic heterocycles. The minimum Gasteiger partial charge on any atom is -0.496 e. The molecule has 1 N–H and O–H groups in total. The number of para-hydroxylation sites is 1. The molecule has 20 heavy (non-hydrogen) atoms. The van der Waals surface area contributed by atoms with Gasteiger partial charge in [0.05, 0.1) is 13.2 Å². The predicted octanol–water partition coefficient (Wildman–Crippen LogP) is 3.10. The third-order valence-corrected chi connectivity index (χ3v) is 4.69. The number of rotatable bonds is 6. The largest absolute Gasteiger partial charge is 0.496 e. The van der Waals surface area contributed by atoms with Crippen LogP contribution in [-0.4, -0.2) is 31.9 Å². The Balaban J connectivity index is 1.43. The average molecular weight is 275 g/mol. The van der Waals surface area contributed by atoms with Gasteiger partial charge in [-0.2, -0.15) is 0 Å². The van der Waals surface area contributed by atoms with Gasteiger partial charge in [-0.05, 0) is 50.2 Å². The fraction of sp³-hybridized carbons (Fsp3) is 0.647. The van der Waals surface area contributed by atoms with Crippen LogP contribution in [0.2, 0.25) is 0 Å². The molecule has 0 radical (unpaired) electrons. The molecule has 1 aromatic rings. The Morgan fingerprint density at radius 2 is 1.80 bits per heavy atom. The highest BCUT2D eigenvalue weighted by molar-refractivity contribution is 5.37. The van der Waals surface area contributed by atoms with Gasteiger partial charge in [-0.25, -0.2) is 0 Å². The van der Waals surface area contributed by atoms with E-state index in [1.807, 2.05) is 6.07 Å². The van der Waals surface area contributed by atoms with Crippen LogP contribution >= 0.6 is 0 Å². The van der Waals surface area contributed by atoms with Crippen LogP contribution in [-0.2, 0) is 4.74 Å². The summed E-state index contributed by atoms with van der Waals surface area (Å²) >= 11 is 0. The molecule has 0 heterocycles. The Hall–Kier alpha value is -1.06. The van der Waals surface area contributed by atoms with Crippen molar-refractivity contribution in [2.45, 2.75) is 56.7 Å². The molecule has 1 aromatic carbocycles. The molecule has 110 valence electrons. The topological polar surface area (TPSA) is 30.5 Å². The highest BCUT2D eigenvalue weighted by atomic mass is 16.5. The van der Waals surface area contributed by atoms with Crippen molar-refractivity contribution in [2.75, 3.05) is 13.7 Å². The van der Waals surface area contributed by atoms with Crippen molar-refractivity contribution in [3.05, 3.63) is 29.8 Å². The fourth-order valence-corrected chi connectivity index (χ4v) is 3.42. The summed E-state index contributed by atoms with van der Waals surface area (Å²) in [6.45, 7) is 2.92. The minimum atomic E-state index is 0.502. The second-order valence-electron chi connectivity index (χ2n) is 6.02. The minimum absolute atomic E-state index is 0.502. The first-order valence-electron chi connectivity index (χ1n) is 7.80. The van der Waals surface area contributed by atoms with E-state index in [1.165, 1.54) is 31.2 Å². The predicted molar refractivity (Wildman–Crippen MR) is 80.3 cm³/mol. The summed E-state index contributed by atoms with van der Waals surface area (Å²) < 4.78 is 11.1. The number of hydrogen-bond acceptors (Lipinski definition) is 3. The van der Waals surface area contributed by atoms with Gasteiger partial charge >= 0.3 is 0 Å². The van der Waals surface area contributed by atoms with Gasteiger partial charge in [0.25, 0.3) is 0 Å². The molecule has 2 fully saturated rings. The van der Waals surface area contributed by atoms with Gasteiger partial charge in [-0.3, -0.25) is 0 Å². The van der Waals surface area contributed by atoms with Crippen molar-refractivity contribution in [1.82, 2.24) is 5.32 Å². The Kier molecular flexibility index (Phi) is 4.27. The van der Waals surface area contributed by atoms with Crippen LogP contribution in [0.4, 0.5) is 0 Å². The van der Waals surface area contributed by atoms with Crippen LogP contribution in [0.3, 0.4) is 0 Å².